The first-order valence-corrected chi connectivity index (χ1v) is 7.97. The highest BCUT2D eigenvalue weighted by atomic mass is 32.2. The third kappa shape index (κ3) is 3.29. The van der Waals surface area contributed by atoms with Crippen LogP contribution in [0.3, 0.4) is 0 Å². The Kier molecular flexibility index (Phi) is 4.57. The molecule has 0 radical (unpaired) electrons. The molecule has 0 bridgehead atoms. The Labute approximate surface area is 113 Å². The van der Waals surface area contributed by atoms with E-state index in [1.54, 1.807) is 11.9 Å². The molecule has 0 aromatic heterocycles. The summed E-state index contributed by atoms with van der Waals surface area (Å²) in [4.78, 5) is 0. The van der Waals surface area contributed by atoms with Crippen molar-refractivity contribution in [3.63, 3.8) is 0 Å². The van der Waals surface area contributed by atoms with Gasteiger partial charge in [0.05, 0.1) is 10.3 Å². The molecule has 0 aliphatic carbocycles. The van der Waals surface area contributed by atoms with Crippen molar-refractivity contribution in [1.82, 2.24) is 0 Å². The average molecular weight is 265 g/mol. The second-order valence-electron chi connectivity index (χ2n) is 4.83. The van der Waals surface area contributed by atoms with Crippen LogP contribution in [0.25, 0.3) is 0 Å². The maximum Gasteiger partial charge on any atom is 0.0802 e. The Morgan fingerprint density at radius 3 is 2.65 bits per heavy atom. The zero-order valence-corrected chi connectivity index (χ0v) is 12.2. The van der Waals surface area contributed by atoms with E-state index in [0.29, 0.717) is 10.5 Å². The molecule has 2 unspecified atom stereocenters. The van der Waals surface area contributed by atoms with Gasteiger partial charge in [-0.15, -0.1) is 11.8 Å². The number of benzene rings is 1. The van der Waals surface area contributed by atoms with Crippen molar-refractivity contribution in [2.24, 2.45) is 16.2 Å². The van der Waals surface area contributed by atoms with Gasteiger partial charge in [-0.25, -0.2) is 4.40 Å². The van der Waals surface area contributed by atoms with Gasteiger partial charge in [0, 0.05) is 5.92 Å². The van der Waals surface area contributed by atoms with Crippen LogP contribution in [0.4, 0.5) is 0 Å². The summed E-state index contributed by atoms with van der Waals surface area (Å²) in [7, 11) is 0. The molecule has 2 atom stereocenters. The molecular formula is C14H19NS2. The second kappa shape index (κ2) is 5.96. The lowest BCUT2D eigenvalue weighted by atomic mass is 10.0. The Hall–Kier alpha value is -0.410. The summed E-state index contributed by atoms with van der Waals surface area (Å²) in [6.07, 6.45) is 0. The standard InChI is InChI=1S/C14H19NS2/c1-10(2)9-16-14-11(3)13(15-17-14)12-7-5-4-6-8-12/h4-8,10-11,14H,9H2,1-3H3. The molecule has 1 aliphatic heterocycles. The van der Waals surface area contributed by atoms with E-state index in [4.69, 9.17) is 0 Å². The number of hydrogen-bond donors (Lipinski definition) is 0. The molecule has 92 valence electrons. The van der Waals surface area contributed by atoms with Crippen LogP contribution < -0.4 is 0 Å². The lowest BCUT2D eigenvalue weighted by molar-refractivity contribution is 0.747. The van der Waals surface area contributed by atoms with E-state index in [2.05, 4.69) is 55.5 Å². The molecule has 0 N–H and O–H groups in total. The molecule has 0 amide bonds. The fourth-order valence-corrected chi connectivity index (χ4v) is 4.20. The zero-order valence-electron chi connectivity index (χ0n) is 10.6. The molecule has 1 aromatic rings. The van der Waals surface area contributed by atoms with E-state index in [0.717, 1.165) is 5.92 Å². The van der Waals surface area contributed by atoms with Gasteiger partial charge in [0.25, 0.3) is 0 Å². The maximum absolute atomic E-state index is 4.66. The van der Waals surface area contributed by atoms with Gasteiger partial charge < -0.3 is 0 Å². The lowest BCUT2D eigenvalue weighted by Crippen LogP contribution is -2.17. The Balaban J connectivity index is 1.99. The van der Waals surface area contributed by atoms with Crippen LogP contribution in [-0.2, 0) is 0 Å². The third-order valence-corrected chi connectivity index (χ3v) is 5.94. The van der Waals surface area contributed by atoms with Crippen molar-refractivity contribution in [2.45, 2.75) is 25.4 Å². The van der Waals surface area contributed by atoms with Crippen LogP contribution in [0.15, 0.2) is 34.7 Å². The van der Waals surface area contributed by atoms with Gasteiger partial charge in [-0.3, -0.25) is 0 Å². The first-order valence-electron chi connectivity index (χ1n) is 6.09. The molecule has 1 nitrogen and oxygen atoms in total. The van der Waals surface area contributed by atoms with Crippen LogP contribution in [0.2, 0.25) is 0 Å². The number of nitrogens with zero attached hydrogens (tertiary/aromatic N) is 1. The predicted octanol–water partition coefficient (Wildman–Crippen LogP) is 4.49. The van der Waals surface area contributed by atoms with Gasteiger partial charge in [0.1, 0.15) is 0 Å². The van der Waals surface area contributed by atoms with Crippen molar-refractivity contribution >= 4 is 29.4 Å². The molecule has 0 saturated carbocycles. The molecule has 1 heterocycles. The Morgan fingerprint density at radius 1 is 1.29 bits per heavy atom. The average Bonchev–Trinajstić information content (AvgIpc) is 2.69. The van der Waals surface area contributed by atoms with E-state index < -0.39 is 0 Å². The van der Waals surface area contributed by atoms with Crippen molar-refractivity contribution < 1.29 is 0 Å². The van der Waals surface area contributed by atoms with Gasteiger partial charge in [-0.2, -0.15) is 0 Å². The van der Waals surface area contributed by atoms with Crippen LogP contribution in [0.5, 0.6) is 0 Å². The normalized spacial score (nSPS) is 24.1. The van der Waals surface area contributed by atoms with E-state index in [9.17, 15) is 0 Å². The molecule has 2 rings (SSSR count). The minimum atomic E-state index is 0.547. The van der Waals surface area contributed by atoms with Gasteiger partial charge >= 0.3 is 0 Å². The largest absolute Gasteiger partial charge is 0.219 e. The monoisotopic (exact) mass is 265 g/mol. The SMILES string of the molecule is CC(C)CSC1SN=C(c2ccccc2)C1C. The van der Waals surface area contributed by atoms with Crippen molar-refractivity contribution in [2.75, 3.05) is 5.75 Å². The third-order valence-electron chi connectivity index (χ3n) is 2.76. The van der Waals surface area contributed by atoms with Crippen molar-refractivity contribution in [1.29, 1.82) is 0 Å². The topological polar surface area (TPSA) is 12.4 Å². The first kappa shape index (κ1) is 13.0. The van der Waals surface area contributed by atoms with Crippen molar-refractivity contribution in [3.05, 3.63) is 35.9 Å². The highest BCUT2D eigenvalue weighted by Gasteiger charge is 2.29. The maximum atomic E-state index is 4.66. The quantitative estimate of drug-likeness (QED) is 0.744. The van der Waals surface area contributed by atoms with Gasteiger partial charge in [-0.1, -0.05) is 51.1 Å². The summed E-state index contributed by atoms with van der Waals surface area (Å²) < 4.78 is 5.25. The highest BCUT2D eigenvalue weighted by Crippen LogP contribution is 2.40. The zero-order chi connectivity index (χ0) is 12.3. The minimum absolute atomic E-state index is 0.547. The second-order valence-corrected chi connectivity index (χ2v) is 7.21. The van der Waals surface area contributed by atoms with Crippen LogP contribution in [-0.4, -0.2) is 16.0 Å². The summed E-state index contributed by atoms with van der Waals surface area (Å²) in [5, 5.41) is 0. The van der Waals surface area contributed by atoms with E-state index >= 15 is 0 Å². The first-order chi connectivity index (χ1) is 8.18. The fraction of sp³-hybridized carbons (Fsp3) is 0.500. The Morgan fingerprint density at radius 2 is 2.00 bits per heavy atom. The molecule has 0 saturated heterocycles. The number of thioether (sulfide) groups is 1. The summed E-state index contributed by atoms with van der Waals surface area (Å²) in [5.41, 5.74) is 2.54. The van der Waals surface area contributed by atoms with Gasteiger partial charge in [0.15, 0.2) is 0 Å². The van der Waals surface area contributed by atoms with Crippen LogP contribution in [0, 0.1) is 11.8 Å². The molecule has 17 heavy (non-hydrogen) atoms. The summed E-state index contributed by atoms with van der Waals surface area (Å²) in [5.74, 6) is 2.53. The lowest BCUT2D eigenvalue weighted by Gasteiger charge is -2.16. The summed E-state index contributed by atoms with van der Waals surface area (Å²) in [6.45, 7) is 6.84. The number of hydrogen-bond acceptors (Lipinski definition) is 3. The van der Waals surface area contributed by atoms with E-state index in [1.165, 1.54) is 17.0 Å². The van der Waals surface area contributed by atoms with Gasteiger partial charge in [0.2, 0.25) is 0 Å². The Bertz CT molecular complexity index is 386. The van der Waals surface area contributed by atoms with Crippen LogP contribution >= 0.6 is 23.7 Å². The van der Waals surface area contributed by atoms with Crippen molar-refractivity contribution in [3.8, 4) is 0 Å². The predicted molar refractivity (Wildman–Crippen MR) is 80.8 cm³/mol. The molecule has 0 fully saturated rings. The molecule has 3 heteroatoms. The highest BCUT2D eigenvalue weighted by molar-refractivity contribution is 8.16. The molecule has 0 spiro atoms. The number of rotatable bonds is 4. The smallest absolute Gasteiger partial charge is 0.0802 e. The van der Waals surface area contributed by atoms with E-state index in [1.807, 2.05) is 11.8 Å². The van der Waals surface area contributed by atoms with Crippen LogP contribution in [0.1, 0.15) is 26.3 Å². The fourth-order valence-electron chi connectivity index (χ4n) is 1.80. The van der Waals surface area contributed by atoms with E-state index in [-0.39, 0.29) is 0 Å². The summed E-state index contributed by atoms with van der Waals surface area (Å²) >= 11 is 3.79. The van der Waals surface area contributed by atoms with Gasteiger partial charge in [-0.05, 0) is 29.2 Å². The summed E-state index contributed by atoms with van der Waals surface area (Å²) in [6, 6.07) is 10.5. The molecular weight excluding hydrogens is 246 g/mol. The molecule has 1 aliphatic rings. The minimum Gasteiger partial charge on any atom is -0.219 e. The molecule has 1 aromatic carbocycles.